The lowest BCUT2D eigenvalue weighted by Crippen LogP contribution is -2.43. The van der Waals surface area contributed by atoms with Gasteiger partial charge in [-0.05, 0) is 44.5 Å². The van der Waals surface area contributed by atoms with E-state index >= 15 is 0 Å². The second-order valence-corrected chi connectivity index (χ2v) is 6.34. The largest absolute Gasteiger partial charge is 0.379 e. The Labute approximate surface area is 155 Å². The number of carbonyl (C=O) groups excluding carboxylic acids is 2. The molecule has 0 atom stereocenters. The number of nitrogens with one attached hydrogen (secondary N) is 2. The Kier molecular flexibility index (Phi) is 7.87. The monoisotopic (exact) mass is 362 g/mol. The van der Waals surface area contributed by atoms with Crippen LogP contribution in [-0.2, 0) is 14.3 Å². The lowest BCUT2D eigenvalue weighted by atomic mass is 10.1. The Morgan fingerprint density at radius 2 is 1.85 bits per heavy atom. The maximum Gasteiger partial charge on any atom is 0.313 e. The van der Waals surface area contributed by atoms with Gasteiger partial charge < -0.3 is 20.3 Å². The summed E-state index contributed by atoms with van der Waals surface area (Å²) in [6, 6.07) is 5.84. The molecule has 2 N–H and O–H groups in total. The SMILES string of the molecule is CCN(CC)c1ccc(NC(=O)C(=O)NCCN2CCOCC2)c(C)c1. The quantitative estimate of drug-likeness (QED) is 0.714. The van der Waals surface area contributed by atoms with Crippen LogP contribution in [0.5, 0.6) is 0 Å². The van der Waals surface area contributed by atoms with Gasteiger partial charge in [0.15, 0.2) is 0 Å². The van der Waals surface area contributed by atoms with Gasteiger partial charge in [0.2, 0.25) is 0 Å². The van der Waals surface area contributed by atoms with E-state index in [-0.39, 0.29) is 0 Å². The van der Waals surface area contributed by atoms with Crippen LogP contribution < -0.4 is 15.5 Å². The Balaban J connectivity index is 1.83. The third kappa shape index (κ3) is 5.71. The fraction of sp³-hybridized carbons (Fsp3) is 0.579. The standard InChI is InChI=1S/C19H30N4O3/c1-4-23(5-2)16-6-7-17(15(3)14-16)21-19(25)18(24)20-8-9-22-10-12-26-13-11-22/h6-7,14H,4-5,8-13H2,1-3H3,(H,20,24)(H,21,25). The van der Waals surface area contributed by atoms with Crippen molar-refractivity contribution in [3.05, 3.63) is 23.8 Å². The highest BCUT2D eigenvalue weighted by atomic mass is 16.5. The van der Waals surface area contributed by atoms with Crippen LogP contribution in [-0.4, -0.2) is 69.2 Å². The number of rotatable bonds is 7. The van der Waals surface area contributed by atoms with E-state index in [0.717, 1.165) is 57.2 Å². The summed E-state index contributed by atoms with van der Waals surface area (Å²) in [7, 11) is 0. The Morgan fingerprint density at radius 3 is 2.46 bits per heavy atom. The highest BCUT2D eigenvalue weighted by Crippen LogP contribution is 2.22. The van der Waals surface area contributed by atoms with E-state index in [4.69, 9.17) is 4.74 Å². The number of hydrogen-bond donors (Lipinski definition) is 2. The lowest BCUT2D eigenvalue weighted by Gasteiger charge is -2.26. The second kappa shape index (κ2) is 10.1. The molecule has 0 aromatic heterocycles. The molecule has 2 amide bonds. The Hall–Kier alpha value is -2.12. The number of benzene rings is 1. The summed E-state index contributed by atoms with van der Waals surface area (Å²) in [4.78, 5) is 28.5. The molecule has 0 bridgehead atoms. The number of carbonyl (C=O) groups is 2. The van der Waals surface area contributed by atoms with E-state index < -0.39 is 11.8 Å². The molecular weight excluding hydrogens is 332 g/mol. The summed E-state index contributed by atoms with van der Waals surface area (Å²) in [6.07, 6.45) is 0. The zero-order chi connectivity index (χ0) is 18.9. The van der Waals surface area contributed by atoms with Gasteiger partial charge in [-0.15, -0.1) is 0 Å². The van der Waals surface area contributed by atoms with Crippen molar-refractivity contribution >= 4 is 23.2 Å². The second-order valence-electron chi connectivity index (χ2n) is 6.34. The van der Waals surface area contributed by atoms with E-state index in [1.165, 1.54) is 0 Å². The minimum absolute atomic E-state index is 0.451. The third-order valence-corrected chi connectivity index (χ3v) is 4.61. The first-order valence-corrected chi connectivity index (χ1v) is 9.30. The average molecular weight is 362 g/mol. The van der Waals surface area contributed by atoms with Crippen LogP contribution in [0.3, 0.4) is 0 Å². The van der Waals surface area contributed by atoms with Crippen LogP contribution >= 0.6 is 0 Å². The molecule has 1 fully saturated rings. The molecule has 1 aromatic rings. The van der Waals surface area contributed by atoms with Gasteiger partial charge in [0.1, 0.15) is 0 Å². The molecule has 26 heavy (non-hydrogen) atoms. The number of ether oxygens (including phenoxy) is 1. The molecule has 0 saturated carbocycles. The molecule has 144 valence electrons. The number of hydrogen-bond acceptors (Lipinski definition) is 5. The molecule has 7 nitrogen and oxygen atoms in total. The molecule has 2 rings (SSSR count). The van der Waals surface area contributed by atoms with Crippen molar-refractivity contribution in [1.29, 1.82) is 0 Å². The van der Waals surface area contributed by atoms with Crippen molar-refractivity contribution in [2.45, 2.75) is 20.8 Å². The fourth-order valence-corrected chi connectivity index (χ4v) is 2.99. The van der Waals surface area contributed by atoms with Crippen LogP contribution in [0.4, 0.5) is 11.4 Å². The van der Waals surface area contributed by atoms with Gasteiger partial charge in [-0.1, -0.05) is 0 Å². The molecule has 1 aromatic carbocycles. The van der Waals surface area contributed by atoms with Crippen LogP contribution in [0, 0.1) is 6.92 Å². The van der Waals surface area contributed by atoms with Crippen molar-refractivity contribution < 1.29 is 14.3 Å². The Morgan fingerprint density at radius 1 is 1.15 bits per heavy atom. The van der Waals surface area contributed by atoms with Gasteiger partial charge in [-0.25, -0.2) is 0 Å². The number of amides is 2. The lowest BCUT2D eigenvalue weighted by molar-refractivity contribution is -0.136. The molecule has 1 heterocycles. The first kappa shape index (κ1) is 20.2. The summed E-state index contributed by atoms with van der Waals surface area (Å²) < 4.78 is 5.28. The summed E-state index contributed by atoms with van der Waals surface area (Å²) >= 11 is 0. The summed E-state index contributed by atoms with van der Waals surface area (Å²) in [5, 5.41) is 5.37. The highest BCUT2D eigenvalue weighted by Gasteiger charge is 2.16. The maximum absolute atomic E-state index is 12.1. The molecule has 7 heteroatoms. The minimum atomic E-state index is -0.634. The number of anilines is 2. The van der Waals surface area contributed by atoms with Gasteiger partial charge in [-0.3, -0.25) is 14.5 Å². The Bertz CT molecular complexity index is 611. The fourth-order valence-electron chi connectivity index (χ4n) is 2.99. The maximum atomic E-state index is 12.1. The van der Waals surface area contributed by atoms with Crippen molar-refractivity contribution in [2.75, 3.05) is 62.7 Å². The van der Waals surface area contributed by atoms with Crippen molar-refractivity contribution in [2.24, 2.45) is 0 Å². The van der Waals surface area contributed by atoms with Gasteiger partial charge in [0, 0.05) is 50.6 Å². The predicted octanol–water partition coefficient (Wildman–Crippen LogP) is 1.23. The van der Waals surface area contributed by atoms with Crippen LogP contribution in [0.2, 0.25) is 0 Å². The average Bonchev–Trinajstić information content (AvgIpc) is 2.65. The summed E-state index contributed by atoms with van der Waals surface area (Å²) in [5.74, 6) is -1.24. The highest BCUT2D eigenvalue weighted by molar-refractivity contribution is 6.39. The number of morpholine rings is 1. The van der Waals surface area contributed by atoms with Gasteiger partial charge >= 0.3 is 11.8 Å². The summed E-state index contributed by atoms with van der Waals surface area (Å²) in [6.45, 7) is 12.3. The van der Waals surface area contributed by atoms with E-state index in [2.05, 4.69) is 34.3 Å². The van der Waals surface area contributed by atoms with Crippen LogP contribution in [0.25, 0.3) is 0 Å². The topological polar surface area (TPSA) is 73.9 Å². The van der Waals surface area contributed by atoms with Gasteiger partial charge in [0.05, 0.1) is 13.2 Å². The van der Waals surface area contributed by atoms with E-state index in [0.29, 0.717) is 12.2 Å². The predicted molar refractivity (Wildman–Crippen MR) is 104 cm³/mol. The van der Waals surface area contributed by atoms with E-state index in [1.807, 2.05) is 25.1 Å². The van der Waals surface area contributed by atoms with Crippen LogP contribution in [0.1, 0.15) is 19.4 Å². The zero-order valence-electron chi connectivity index (χ0n) is 16.0. The van der Waals surface area contributed by atoms with Crippen molar-refractivity contribution in [1.82, 2.24) is 10.2 Å². The molecule has 1 aliphatic rings. The van der Waals surface area contributed by atoms with Crippen molar-refractivity contribution in [3.8, 4) is 0 Å². The zero-order valence-corrected chi connectivity index (χ0v) is 16.0. The molecular formula is C19H30N4O3. The van der Waals surface area contributed by atoms with Gasteiger partial charge in [0.25, 0.3) is 0 Å². The first-order chi connectivity index (χ1) is 12.5. The van der Waals surface area contributed by atoms with E-state index in [1.54, 1.807) is 0 Å². The normalized spacial score (nSPS) is 14.7. The summed E-state index contributed by atoms with van der Waals surface area (Å²) in [5.41, 5.74) is 2.71. The molecule has 1 aliphatic heterocycles. The smallest absolute Gasteiger partial charge is 0.313 e. The first-order valence-electron chi connectivity index (χ1n) is 9.30. The molecule has 1 saturated heterocycles. The van der Waals surface area contributed by atoms with Crippen LogP contribution in [0.15, 0.2) is 18.2 Å². The molecule has 0 spiro atoms. The minimum Gasteiger partial charge on any atom is -0.379 e. The molecule has 0 radical (unpaired) electrons. The third-order valence-electron chi connectivity index (χ3n) is 4.61. The molecule has 0 unspecified atom stereocenters. The number of aryl methyl sites for hydroxylation is 1. The van der Waals surface area contributed by atoms with Crippen molar-refractivity contribution in [3.63, 3.8) is 0 Å². The molecule has 0 aliphatic carbocycles. The van der Waals surface area contributed by atoms with Gasteiger partial charge in [-0.2, -0.15) is 0 Å². The number of nitrogens with zero attached hydrogens (tertiary/aromatic N) is 2. The van der Waals surface area contributed by atoms with E-state index in [9.17, 15) is 9.59 Å².